The Bertz CT molecular complexity index is 938. The fourth-order valence-corrected chi connectivity index (χ4v) is 4.60. The van der Waals surface area contributed by atoms with Crippen molar-refractivity contribution < 1.29 is 19.1 Å². The number of imide groups is 1. The summed E-state index contributed by atoms with van der Waals surface area (Å²) in [5.41, 5.74) is 1.77. The minimum absolute atomic E-state index is 0.170. The first-order valence-corrected chi connectivity index (χ1v) is 11.0. The molecular formula is C21H28N4O4S. The third-order valence-electron chi connectivity index (χ3n) is 5.43. The van der Waals surface area contributed by atoms with Gasteiger partial charge in [-0.25, -0.2) is 4.98 Å². The van der Waals surface area contributed by atoms with Crippen LogP contribution in [0.25, 0.3) is 10.2 Å². The van der Waals surface area contributed by atoms with E-state index in [9.17, 15) is 14.4 Å². The van der Waals surface area contributed by atoms with Crippen molar-refractivity contribution >= 4 is 44.4 Å². The van der Waals surface area contributed by atoms with Crippen LogP contribution < -0.4 is 9.64 Å². The summed E-state index contributed by atoms with van der Waals surface area (Å²) in [6.45, 7) is 8.73. The zero-order chi connectivity index (χ0) is 21.8. The number of rotatable bonds is 9. The molecule has 1 saturated heterocycles. The van der Waals surface area contributed by atoms with Crippen LogP contribution in [-0.2, 0) is 14.4 Å². The molecule has 2 aromatic rings. The van der Waals surface area contributed by atoms with Gasteiger partial charge < -0.3 is 9.64 Å². The van der Waals surface area contributed by atoms with Gasteiger partial charge in [0.25, 0.3) is 0 Å². The molecule has 0 unspecified atom stereocenters. The summed E-state index contributed by atoms with van der Waals surface area (Å²) < 4.78 is 6.40. The monoisotopic (exact) mass is 432 g/mol. The summed E-state index contributed by atoms with van der Waals surface area (Å²) in [6.07, 6.45) is 0.339. The smallest absolute Gasteiger partial charge is 0.248 e. The van der Waals surface area contributed by atoms with Gasteiger partial charge in [-0.05, 0) is 31.6 Å². The Morgan fingerprint density at radius 3 is 2.43 bits per heavy atom. The molecule has 0 N–H and O–H groups in total. The van der Waals surface area contributed by atoms with Crippen LogP contribution in [0.15, 0.2) is 12.1 Å². The average molecular weight is 433 g/mol. The molecular weight excluding hydrogens is 404 g/mol. The van der Waals surface area contributed by atoms with Gasteiger partial charge in [0.15, 0.2) is 5.13 Å². The molecule has 1 aliphatic heterocycles. The van der Waals surface area contributed by atoms with Crippen LogP contribution in [0.1, 0.15) is 32.3 Å². The van der Waals surface area contributed by atoms with Crippen LogP contribution in [0, 0.1) is 6.92 Å². The average Bonchev–Trinajstić information content (AvgIpc) is 3.31. The number of ether oxygens (including phenoxy) is 1. The number of likely N-dealkylation sites (N-methyl/N-ethyl adjacent to an activating group) is 1. The Morgan fingerprint density at radius 2 is 1.83 bits per heavy atom. The van der Waals surface area contributed by atoms with E-state index in [1.165, 1.54) is 11.3 Å². The Kier molecular flexibility index (Phi) is 7.04. The number of aryl methyl sites for hydroxylation is 1. The predicted molar refractivity (Wildman–Crippen MR) is 117 cm³/mol. The Balaban J connectivity index is 1.93. The number of benzene rings is 1. The summed E-state index contributed by atoms with van der Waals surface area (Å²) in [4.78, 5) is 46.8. The van der Waals surface area contributed by atoms with E-state index < -0.39 is 0 Å². The van der Waals surface area contributed by atoms with Gasteiger partial charge in [-0.15, -0.1) is 0 Å². The number of methoxy groups -OCH3 is 1. The molecule has 1 fully saturated rings. The highest BCUT2D eigenvalue weighted by Gasteiger charge is 2.33. The van der Waals surface area contributed by atoms with E-state index >= 15 is 0 Å². The maximum atomic E-state index is 13.2. The van der Waals surface area contributed by atoms with Crippen molar-refractivity contribution in [3.05, 3.63) is 17.7 Å². The van der Waals surface area contributed by atoms with E-state index in [-0.39, 0.29) is 37.1 Å². The third-order valence-corrected chi connectivity index (χ3v) is 6.64. The number of carbonyl (C=O) groups is 3. The highest BCUT2D eigenvalue weighted by Crippen LogP contribution is 2.36. The molecule has 0 radical (unpaired) electrons. The molecule has 3 amide bonds. The summed E-state index contributed by atoms with van der Waals surface area (Å²) in [6, 6.07) is 3.83. The maximum absolute atomic E-state index is 13.2. The second kappa shape index (κ2) is 9.53. The summed E-state index contributed by atoms with van der Waals surface area (Å²) in [5, 5.41) is 0.550. The molecule has 1 aliphatic rings. The molecule has 3 rings (SSSR count). The minimum atomic E-state index is -0.304. The van der Waals surface area contributed by atoms with Crippen LogP contribution >= 0.6 is 11.3 Å². The molecule has 0 bridgehead atoms. The summed E-state index contributed by atoms with van der Waals surface area (Å²) in [7, 11) is 1.59. The van der Waals surface area contributed by atoms with Crippen LogP contribution in [0.4, 0.5) is 5.13 Å². The fourth-order valence-electron chi connectivity index (χ4n) is 3.51. The molecule has 0 saturated carbocycles. The number of aromatic nitrogens is 1. The first-order valence-electron chi connectivity index (χ1n) is 10.2. The van der Waals surface area contributed by atoms with E-state index in [4.69, 9.17) is 9.72 Å². The molecule has 2 heterocycles. The zero-order valence-electron chi connectivity index (χ0n) is 17.9. The number of hydrogen-bond donors (Lipinski definition) is 0. The van der Waals surface area contributed by atoms with Gasteiger partial charge in [-0.1, -0.05) is 31.3 Å². The molecule has 8 nitrogen and oxygen atoms in total. The second-order valence-electron chi connectivity index (χ2n) is 7.20. The third kappa shape index (κ3) is 4.46. The molecule has 0 spiro atoms. The van der Waals surface area contributed by atoms with Gasteiger partial charge in [-0.3, -0.25) is 24.2 Å². The lowest BCUT2D eigenvalue weighted by Crippen LogP contribution is -2.45. The summed E-state index contributed by atoms with van der Waals surface area (Å²) >= 11 is 1.42. The maximum Gasteiger partial charge on any atom is 0.248 e. The number of hydrogen-bond acceptors (Lipinski definition) is 7. The molecule has 1 aromatic carbocycles. The first-order chi connectivity index (χ1) is 14.4. The normalized spacial score (nSPS) is 14.2. The standard InChI is InChI=1S/C21H28N4O4S/c1-5-23(6-2)11-12-24(18(28)13-25-16(26)9-10-17(25)27)21-22-19-15(29-4)8-7-14(3)20(19)30-21/h7-8H,5-6,9-13H2,1-4H3. The van der Waals surface area contributed by atoms with Gasteiger partial charge in [0, 0.05) is 25.9 Å². The van der Waals surface area contributed by atoms with E-state index in [0.717, 1.165) is 28.3 Å². The van der Waals surface area contributed by atoms with Crippen molar-refractivity contribution in [1.82, 2.24) is 14.8 Å². The fraction of sp³-hybridized carbons (Fsp3) is 0.524. The summed E-state index contributed by atoms with van der Waals surface area (Å²) in [5.74, 6) is -0.238. The first kappa shape index (κ1) is 22.2. The zero-order valence-corrected chi connectivity index (χ0v) is 18.8. The molecule has 9 heteroatoms. The van der Waals surface area contributed by atoms with Crippen molar-refractivity contribution in [2.75, 3.05) is 44.7 Å². The minimum Gasteiger partial charge on any atom is -0.494 e. The number of amides is 3. The number of nitrogens with zero attached hydrogens (tertiary/aromatic N) is 4. The van der Waals surface area contributed by atoms with Crippen molar-refractivity contribution in [3.63, 3.8) is 0 Å². The molecule has 1 aromatic heterocycles. The van der Waals surface area contributed by atoms with Crippen molar-refractivity contribution in [2.24, 2.45) is 0 Å². The quantitative estimate of drug-likeness (QED) is 0.566. The van der Waals surface area contributed by atoms with E-state index in [0.29, 0.717) is 29.5 Å². The van der Waals surface area contributed by atoms with E-state index in [2.05, 4.69) is 18.7 Å². The molecule has 30 heavy (non-hydrogen) atoms. The van der Waals surface area contributed by atoms with E-state index in [1.54, 1.807) is 12.0 Å². The van der Waals surface area contributed by atoms with Crippen LogP contribution in [0.3, 0.4) is 0 Å². The highest BCUT2D eigenvalue weighted by molar-refractivity contribution is 7.22. The Morgan fingerprint density at radius 1 is 1.17 bits per heavy atom. The number of likely N-dealkylation sites (tertiary alicyclic amines) is 1. The largest absolute Gasteiger partial charge is 0.494 e. The van der Waals surface area contributed by atoms with Gasteiger partial charge in [0.1, 0.15) is 17.8 Å². The van der Waals surface area contributed by atoms with Crippen LogP contribution in [0.5, 0.6) is 5.75 Å². The van der Waals surface area contributed by atoms with Crippen molar-refractivity contribution in [1.29, 1.82) is 0 Å². The van der Waals surface area contributed by atoms with Gasteiger partial charge >= 0.3 is 0 Å². The van der Waals surface area contributed by atoms with E-state index in [1.807, 2.05) is 19.1 Å². The lowest BCUT2D eigenvalue weighted by Gasteiger charge is -2.26. The topological polar surface area (TPSA) is 83.0 Å². The van der Waals surface area contributed by atoms with Gasteiger partial charge in [0.2, 0.25) is 17.7 Å². The predicted octanol–water partition coefficient (Wildman–Crippen LogP) is 2.44. The highest BCUT2D eigenvalue weighted by atomic mass is 32.1. The Labute approximate surface area is 180 Å². The lowest BCUT2D eigenvalue weighted by molar-refractivity contribution is -0.141. The SMILES string of the molecule is CCN(CC)CCN(C(=O)CN1C(=O)CCC1=O)c1nc2c(OC)ccc(C)c2s1. The molecule has 0 atom stereocenters. The Hall–Kier alpha value is -2.52. The van der Waals surface area contributed by atoms with Crippen molar-refractivity contribution in [3.8, 4) is 5.75 Å². The number of carbonyl (C=O) groups excluding carboxylic acids is 3. The van der Waals surface area contributed by atoms with Crippen molar-refractivity contribution in [2.45, 2.75) is 33.6 Å². The lowest BCUT2D eigenvalue weighted by atomic mass is 10.2. The molecule has 0 aliphatic carbocycles. The number of anilines is 1. The number of fused-ring (bicyclic) bond motifs is 1. The van der Waals surface area contributed by atoms with Gasteiger partial charge in [0.05, 0.1) is 11.8 Å². The van der Waals surface area contributed by atoms with Gasteiger partial charge in [-0.2, -0.15) is 0 Å². The number of thiazole rings is 1. The second-order valence-corrected chi connectivity index (χ2v) is 8.18. The van der Waals surface area contributed by atoms with Crippen LogP contribution in [0.2, 0.25) is 0 Å². The molecule has 162 valence electrons. The van der Waals surface area contributed by atoms with Crippen LogP contribution in [-0.4, -0.2) is 72.3 Å².